The topological polar surface area (TPSA) is 80.9 Å². The third-order valence-electron chi connectivity index (χ3n) is 5.96. The summed E-state index contributed by atoms with van der Waals surface area (Å²) in [5.41, 5.74) is 8.87. The van der Waals surface area contributed by atoms with E-state index in [0.29, 0.717) is 17.2 Å². The van der Waals surface area contributed by atoms with Crippen molar-refractivity contribution in [1.29, 1.82) is 0 Å². The first-order chi connectivity index (χ1) is 15.4. The van der Waals surface area contributed by atoms with Gasteiger partial charge in [-0.05, 0) is 73.2 Å². The Hall–Kier alpha value is -2.77. The number of carbonyl (C=O) groups is 1. The van der Waals surface area contributed by atoms with Gasteiger partial charge >= 0.3 is 0 Å². The molecule has 0 unspecified atom stereocenters. The Kier molecular flexibility index (Phi) is 6.86. The fourth-order valence-electron chi connectivity index (χ4n) is 4.48. The van der Waals surface area contributed by atoms with Crippen molar-refractivity contribution in [2.75, 3.05) is 11.6 Å². The minimum Gasteiger partial charge on any atom is -0.328 e. The van der Waals surface area contributed by atoms with E-state index in [1.165, 1.54) is 12.1 Å². The highest BCUT2D eigenvalue weighted by molar-refractivity contribution is 7.98. The van der Waals surface area contributed by atoms with E-state index >= 15 is 0 Å². The third-order valence-corrected chi connectivity index (χ3v) is 6.71. The Morgan fingerprint density at radius 3 is 2.62 bits per heavy atom. The molecule has 3 N–H and O–H groups in total. The van der Waals surface area contributed by atoms with Gasteiger partial charge in [-0.15, -0.1) is 11.8 Å². The van der Waals surface area contributed by atoms with Crippen molar-refractivity contribution >= 4 is 23.4 Å². The molecule has 7 heteroatoms. The lowest BCUT2D eigenvalue weighted by molar-refractivity contribution is 0.102. The SMILES string of the molecule is CSc1ccc(-c2nc(C(=O)Nc3cnccc3[C@@H]3C[C@H](C)C[C@H](N)C3)ccc2F)cc1. The number of hydrogen-bond acceptors (Lipinski definition) is 5. The first kappa shape index (κ1) is 22.4. The Morgan fingerprint density at radius 1 is 1.12 bits per heavy atom. The van der Waals surface area contributed by atoms with E-state index in [1.807, 2.05) is 36.6 Å². The molecule has 0 aliphatic heterocycles. The maximum Gasteiger partial charge on any atom is 0.274 e. The number of anilines is 1. The van der Waals surface area contributed by atoms with Crippen LogP contribution in [0.3, 0.4) is 0 Å². The van der Waals surface area contributed by atoms with Crippen molar-refractivity contribution in [2.45, 2.75) is 43.0 Å². The Bertz CT molecular complexity index is 1100. The Balaban J connectivity index is 1.59. The van der Waals surface area contributed by atoms with Crippen LogP contribution in [0.25, 0.3) is 11.3 Å². The molecule has 0 radical (unpaired) electrons. The number of pyridine rings is 2. The monoisotopic (exact) mass is 450 g/mol. The molecule has 0 bridgehead atoms. The van der Waals surface area contributed by atoms with Crippen LogP contribution >= 0.6 is 11.8 Å². The van der Waals surface area contributed by atoms with Crippen molar-refractivity contribution < 1.29 is 9.18 Å². The number of carbonyl (C=O) groups excluding carboxylic acids is 1. The van der Waals surface area contributed by atoms with Gasteiger partial charge in [0.2, 0.25) is 0 Å². The van der Waals surface area contributed by atoms with Crippen LogP contribution in [-0.2, 0) is 0 Å². The minimum absolute atomic E-state index is 0.152. The quantitative estimate of drug-likeness (QED) is 0.503. The summed E-state index contributed by atoms with van der Waals surface area (Å²) < 4.78 is 14.5. The molecule has 0 saturated heterocycles. The molecular weight excluding hydrogens is 423 g/mol. The van der Waals surface area contributed by atoms with E-state index < -0.39 is 11.7 Å². The first-order valence-electron chi connectivity index (χ1n) is 10.8. The van der Waals surface area contributed by atoms with Crippen molar-refractivity contribution in [2.24, 2.45) is 11.7 Å². The number of halogens is 1. The van der Waals surface area contributed by atoms with Crippen molar-refractivity contribution in [1.82, 2.24) is 9.97 Å². The number of nitrogens with one attached hydrogen (secondary N) is 1. The van der Waals surface area contributed by atoms with Crippen LogP contribution in [-0.4, -0.2) is 28.2 Å². The van der Waals surface area contributed by atoms with Crippen molar-refractivity contribution in [3.8, 4) is 11.3 Å². The summed E-state index contributed by atoms with van der Waals surface area (Å²) >= 11 is 1.61. The zero-order valence-corrected chi connectivity index (χ0v) is 19.0. The lowest BCUT2D eigenvalue weighted by Crippen LogP contribution is -2.31. The minimum atomic E-state index is -0.467. The molecule has 0 spiro atoms. The van der Waals surface area contributed by atoms with E-state index in [0.717, 1.165) is 29.7 Å². The number of rotatable bonds is 5. The van der Waals surface area contributed by atoms with Crippen LogP contribution in [0, 0.1) is 11.7 Å². The molecular formula is C25H27FN4OS. The second-order valence-electron chi connectivity index (χ2n) is 8.44. The number of benzene rings is 1. The molecule has 1 aliphatic rings. The van der Waals surface area contributed by atoms with Crippen molar-refractivity contribution in [3.05, 3.63) is 71.9 Å². The smallest absolute Gasteiger partial charge is 0.274 e. The number of nitrogens with zero attached hydrogens (tertiary/aromatic N) is 2. The fraction of sp³-hybridized carbons (Fsp3) is 0.320. The molecule has 1 saturated carbocycles. The first-order valence-corrected chi connectivity index (χ1v) is 12.0. The Morgan fingerprint density at radius 2 is 1.91 bits per heavy atom. The summed E-state index contributed by atoms with van der Waals surface area (Å²) in [4.78, 5) is 22.6. The van der Waals surface area contributed by atoms with Crippen LogP contribution in [0.4, 0.5) is 10.1 Å². The molecule has 32 heavy (non-hydrogen) atoms. The molecule has 2 heterocycles. The summed E-state index contributed by atoms with van der Waals surface area (Å²) in [5.74, 6) is -0.0712. The highest BCUT2D eigenvalue weighted by atomic mass is 32.2. The number of aromatic nitrogens is 2. The van der Waals surface area contributed by atoms with Crippen LogP contribution < -0.4 is 11.1 Å². The normalized spacial score (nSPS) is 20.7. The van der Waals surface area contributed by atoms with Gasteiger partial charge in [0.15, 0.2) is 0 Å². The lowest BCUT2D eigenvalue weighted by Gasteiger charge is -2.32. The predicted octanol–water partition coefficient (Wildman–Crippen LogP) is 5.49. The molecule has 1 fully saturated rings. The number of nitrogens with two attached hydrogens (primary N) is 1. The predicted molar refractivity (Wildman–Crippen MR) is 127 cm³/mol. The summed E-state index contributed by atoms with van der Waals surface area (Å²) in [6.45, 7) is 2.21. The van der Waals surface area contributed by atoms with E-state index in [2.05, 4.69) is 22.2 Å². The molecule has 1 amide bonds. The average Bonchev–Trinajstić information content (AvgIpc) is 2.79. The molecule has 1 aliphatic carbocycles. The maximum absolute atomic E-state index is 14.5. The number of amides is 1. The number of hydrogen-bond donors (Lipinski definition) is 2. The fourth-order valence-corrected chi connectivity index (χ4v) is 4.89. The standard InChI is InChI=1S/C25H27FN4OS/c1-15-11-17(13-18(27)12-15)20-9-10-28-14-23(20)30-25(31)22-8-7-21(26)24(29-22)16-3-5-19(32-2)6-4-16/h3-10,14-15,17-18H,11-13,27H2,1-2H3,(H,30,31)/t15-,17+,18-/m0/s1. The van der Waals surface area contributed by atoms with Gasteiger partial charge in [-0.25, -0.2) is 9.37 Å². The molecule has 3 aromatic rings. The van der Waals surface area contributed by atoms with Gasteiger partial charge in [0.05, 0.1) is 11.9 Å². The van der Waals surface area contributed by atoms with Crippen LogP contribution in [0.5, 0.6) is 0 Å². The highest BCUT2D eigenvalue weighted by Gasteiger charge is 2.27. The summed E-state index contributed by atoms with van der Waals surface area (Å²) in [6.07, 6.45) is 8.29. The molecule has 1 aromatic carbocycles. The summed E-state index contributed by atoms with van der Waals surface area (Å²) in [6, 6.07) is 12.2. The zero-order chi connectivity index (χ0) is 22.7. The zero-order valence-electron chi connectivity index (χ0n) is 18.2. The summed E-state index contributed by atoms with van der Waals surface area (Å²) in [7, 11) is 0. The summed E-state index contributed by atoms with van der Waals surface area (Å²) in [5, 5.41) is 2.94. The average molecular weight is 451 g/mol. The van der Waals surface area contributed by atoms with Gasteiger partial charge < -0.3 is 11.1 Å². The van der Waals surface area contributed by atoms with Crippen LogP contribution in [0.1, 0.15) is 48.2 Å². The van der Waals surface area contributed by atoms with Gasteiger partial charge in [0.25, 0.3) is 5.91 Å². The van der Waals surface area contributed by atoms with Gasteiger partial charge in [0.1, 0.15) is 17.2 Å². The van der Waals surface area contributed by atoms with E-state index in [-0.39, 0.29) is 23.3 Å². The van der Waals surface area contributed by atoms with E-state index in [4.69, 9.17) is 5.73 Å². The maximum atomic E-state index is 14.5. The second kappa shape index (κ2) is 9.79. The molecule has 3 atom stereocenters. The molecule has 5 nitrogen and oxygen atoms in total. The largest absolute Gasteiger partial charge is 0.328 e. The molecule has 2 aromatic heterocycles. The van der Waals surface area contributed by atoms with Crippen LogP contribution in [0.2, 0.25) is 0 Å². The van der Waals surface area contributed by atoms with Gasteiger partial charge in [0, 0.05) is 22.7 Å². The van der Waals surface area contributed by atoms with Crippen LogP contribution in [0.15, 0.2) is 59.8 Å². The van der Waals surface area contributed by atoms with Gasteiger partial charge in [-0.3, -0.25) is 9.78 Å². The van der Waals surface area contributed by atoms with E-state index in [1.54, 1.807) is 24.2 Å². The van der Waals surface area contributed by atoms with Crippen molar-refractivity contribution in [3.63, 3.8) is 0 Å². The second-order valence-corrected chi connectivity index (χ2v) is 9.32. The molecule has 4 rings (SSSR count). The third kappa shape index (κ3) is 5.00. The Labute approximate surface area is 192 Å². The van der Waals surface area contributed by atoms with Gasteiger partial charge in [-0.1, -0.05) is 19.1 Å². The van der Waals surface area contributed by atoms with Gasteiger partial charge in [-0.2, -0.15) is 0 Å². The molecule has 166 valence electrons. The van der Waals surface area contributed by atoms with E-state index in [9.17, 15) is 9.18 Å². The highest BCUT2D eigenvalue weighted by Crippen LogP contribution is 2.38. The number of thioether (sulfide) groups is 1. The lowest BCUT2D eigenvalue weighted by atomic mass is 9.76.